The number of nitrogens with zero attached hydrogens (tertiary/aromatic N) is 1. The van der Waals surface area contributed by atoms with E-state index >= 15 is 0 Å². The van der Waals surface area contributed by atoms with Crippen LogP contribution in [0.4, 0.5) is 32.0 Å². The Kier molecular flexibility index (Phi) is 5.78. The maximum absolute atomic E-state index is 12.9. The molecule has 0 aromatic heterocycles. The minimum atomic E-state index is -4.74. The summed E-state index contributed by atoms with van der Waals surface area (Å²) in [7, 11) is 0. The van der Waals surface area contributed by atoms with Crippen LogP contribution in [-0.2, 0) is 23.6 Å². The van der Waals surface area contributed by atoms with Gasteiger partial charge in [-0.3, -0.25) is 4.79 Å². The average Bonchev–Trinajstić information content (AvgIpc) is 2.59. The van der Waals surface area contributed by atoms with Crippen LogP contribution in [0.5, 0.6) is 0 Å². The van der Waals surface area contributed by atoms with Gasteiger partial charge in [-0.1, -0.05) is 12.1 Å². The molecule has 27 heavy (non-hydrogen) atoms. The number of nitrogens with one attached hydrogen (secondary N) is 1. The van der Waals surface area contributed by atoms with Crippen LogP contribution in [0.15, 0.2) is 42.5 Å². The third-order valence-corrected chi connectivity index (χ3v) is 3.65. The lowest BCUT2D eigenvalue weighted by atomic mass is 10.1. The standard InChI is InChI=1S/C18H12F6N2O/c19-17(20,21)13-5-1-11(2-6-13)3-8-16(27)26-14-7-4-12(10-25)15(9-14)18(22,23)24/h1-2,4-7,9H,3,8H2,(H,26,27). The van der Waals surface area contributed by atoms with Crippen LogP contribution in [0.3, 0.4) is 0 Å². The zero-order valence-electron chi connectivity index (χ0n) is 13.6. The quantitative estimate of drug-likeness (QED) is 0.738. The molecule has 0 bridgehead atoms. The van der Waals surface area contributed by atoms with Crippen LogP contribution in [-0.4, -0.2) is 5.91 Å². The number of anilines is 1. The molecule has 0 saturated carbocycles. The number of alkyl halides is 6. The van der Waals surface area contributed by atoms with Gasteiger partial charge in [0.05, 0.1) is 22.8 Å². The van der Waals surface area contributed by atoms with Gasteiger partial charge < -0.3 is 5.32 Å². The number of benzene rings is 2. The molecule has 9 heteroatoms. The smallest absolute Gasteiger partial charge is 0.326 e. The van der Waals surface area contributed by atoms with Crippen LogP contribution in [0.1, 0.15) is 28.7 Å². The van der Waals surface area contributed by atoms with E-state index in [0.717, 1.165) is 18.2 Å². The number of halogens is 6. The first-order valence-electron chi connectivity index (χ1n) is 7.58. The first kappa shape index (κ1) is 20.3. The van der Waals surface area contributed by atoms with Gasteiger partial charge in [0.15, 0.2) is 0 Å². The first-order chi connectivity index (χ1) is 12.5. The van der Waals surface area contributed by atoms with Crippen LogP contribution >= 0.6 is 0 Å². The lowest BCUT2D eigenvalue weighted by Gasteiger charge is -2.12. The summed E-state index contributed by atoms with van der Waals surface area (Å²) in [5, 5.41) is 11.0. The molecule has 0 unspecified atom stereocenters. The van der Waals surface area contributed by atoms with Crippen molar-refractivity contribution in [2.75, 3.05) is 5.32 Å². The highest BCUT2D eigenvalue weighted by Crippen LogP contribution is 2.33. The van der Waals surface area contributed by atoms with Crippen molar-refractivity contribution in [1.82, 2.24) is 0 Å². The number of carbonyl (C=O) groups excluding carboxylic acids is 1. The Bertz CT molecular complexity index is 863. The Morgan fingerprint density at radius 3 is 2.11 bits per heavy atom. The van der Waals surface area contributed by atoms with Gasteiger partial charge >= 0.3 is 12.4 Å². The van der Waals surface area contributed by atoms with E-state index in [1.165, 1.54) is 24.3 Å². The van der Waals surface area contributed by atoms with Gasteiger partial charge in [0.25, 0.3) is 0 Å². The SMILES string of the molecule is N#Cc1ccc(NC(=O)CCc2ccc(C(F)(F)F)cc2)cc1C(F)(F)F. The summed E-state index contributed by atoms with van der Waals surface area (Å²) in [5.74, 6) is -0.604. The summed E-state index contributed by atoms with van der Waals surface area (Å²) in [4.78, 5) is 11.9. The molecule has 0 aliphatic carbocycles. The second kappa shape index (κ2) is 7.70. The molecule has 0 heterocycles. The minimum Gasteiger partial charge on any atom is -0.326 e. The molecule has 0 fully saturated rings. The second-order valence-corrected chi connectivity index (χ2v) is 5.61. The molecule has 1 N–H and O–H groups in total. The third-order valence-electron chi connectivity index (χ3n) is 3.65. The highest BCUT2D eigenvalue weighted by molar-refractivity contribution is 5.91. The largest absolute Gasteiger partial charge is 0.417 e. The molecular weight excluding hydrogens is 374 g/mol. The molecule has 2 rings (SSSR count). The van der Waals surface area contributed by atoms with Crippen molar-refractivity contribution in [3.63, 3.8) is 0 Å². The van der Waals surface area contributed by atoms with E-state index in [9.17, 15) is 31.1 Å². The van der Waals surface area contributed by atoms with Gasteiger partial charge in [-0.2, -0.15) is 31.6 Å². The van der Waals surface area contributed by atoms with E-state index in [1.807, 2.05) is 0 Å². The van der Waals surface area contributed by atoms with Gasteiger partial charge in [0.2, 0.25) is 5.91 Å². The van der Waals surface area contributed by atoms with E-state index in [1.54, 1.807) is 0 Å². The fourth-order valence-corrected chi connectivity index (χ4v) is 2.30. The molecule has 3 nitrogen and oxygen atoms in total. The number of amides is 1. The maximum Gasteiger partial charge on any atom is 0.417 e. The van der Waals surface area contributed by atoms with E-state index < -0.39 is 35.0 Å². The Hall–Kier alpha value is -3.02. The Morgan fingerprint density at radius 2 is 1.59 bits per heavy atom. The zero-order chi connectivity index (χ0) is 20.2. The van der Waals surface area contributed by atoms with Crippen LogP contribution < -0.4 is 5.32 Å². The molecule has 2 aromatic rings. The number of rotatable bonds is 4. The molecule has 0 saturated heterocycles. The maximum atomic E-state index is 12.9. The van der Waals surface area contributed by atoms with Crippen molar-refractivity contribution in [2.45, 2.75) is 25.2 Å². The van der Waals surface area contributed by atoms with Gasteiger partial charge in [-0.25, -0.2) is 0 Å². The molecule has 0 aliphatic rings. The Labute approximate surface area is 150 Å². The summed E-state index contributed by atoms with van der Waals surface area (Å²) in [6.45, 7) is 0. The van der Waals surface area contributed by atoms with Crippen LogP contribution in [0.25, 0.3) is 0 Å². The van der Waals surface area contributed by atoms with E-state index in [2.05, 4.69) is 5.32 Å². The van der Waals surface area contributed by atoms with Crippen molar-refractivity contribution in [3.8, 4) is 6.07 Å². The molecule has 142 valence electrons. The number of nitriles is 1. The predicted octanol–water partition coefficient (Wildman–Crippen LogP) is 5.17. The number of carbonyl (C=O) groups is 1. The van der Waals surface area contributed by atoms with Crippen molar-refractivity contribution >= 4 is 11.6 Å². The molecule has 0 aliphatic heterocycles. The van der Waals surface area contributed by atoms with E-state index in [0.29, 0.717) is 11.6 Å². The predicted molar refractivity (Wildman–Crippen MR) is 84.6 cm³/mol. The fourth-order valence-electron chi connectivity index (χ4n) is 2.30. The number of hydrogen-bond acceptors (Lipinski definition) is 2. The van der Waals surface area contributed by atoms with Crippen molar-refractivity contribution in [2.24, 2.45) is 0 Å². The number of aryl methyl sites for hydroxylation is 1. The highest BCUT2D eigenvalue weighted by atomic mass is 19.4. The topological polar surface area (TPSA) is 52.9 Å². The summed E-state index contributed by atoms with van der Waals surface area (Å²) in [6.07, 6.45) is -9.22. The van der Waals surface area contributed by atoms with Crippen LogP contribution in [0.2, 0.25) is 0 Å². The van der Waals surface area contributed by atoms with E-state index in [4.69, 9.17) is 5.26 Å². The number of hydrogen-bond donors (Lipinski definition) is 1. The van der Waals surface area contributed by atoms with E-state index in [-0.39, 0.29) is 18.5 Å². The molecule has 0 spiro atoms. The zero-order valence-corrected chi connectivity index (χ0v) is 13.6. The first-order valence-corrected chi connectivity index (χ1v) is 7.58. The van der Waals surface area contributed by atoms with Gasteiger partial charge in [0.1, 0.15) is 0 Å². The monoisotopic (exact) mass is 386 g/mol. The summed E-state index contributed by atoms with van der Waals surface area (Å²) < 4.78 is 76.1. The second-order valence-electron chi connectivity index (χ2n) is 5.61. The molecule has 0 atom stereocenters. The molecule has 1 amide bonds. The highest BCUT2D eigenvalue weighted by Gasteiger charge is 2.34. The van der Waals surface area contributed by atoms with Gasteiger partial charge in [-0.05, 0) is 42.3 Å². The van der Waals surface area contributed by atoms with Crippen molar-refractivity contribution in [3.05, 3.63) is 64.7 Å². The summed E-state index contributed by atoms with van der Waals surface area (Å²) in [6, 6.07) is 8.47. The lowest BCUT2D eigenvalue weighted by molar-refractivity contribution is -0.138. The van der Waals surface area contributed by atoms with Crippen molar-refractivity contribution < 1.29 is 31.1 Å². The van der Waals surface area contributed by atoms with Gasteiger partial charge in [-0.15, -0.1) is 0 Å². The minimum absolute atomic E-state index is 0.117. The normalized spacial score (nSPS) is 11.7. The Morgan fingerprint density at radius 1 is 0.963 bits per heavy atom. The summed E-state index contributed by atoms with van der Waals surface area (Å²) in [5.41, 5.74) is -2.18. The van der Waals surface area contributed by atoms with Crippen LogP contribution in [0, 0.1) is 11.3 Å². The average molecular weight is 386 g/mol. The lowest BCUT2D eigenvalue weighted by Crippen LogP contribution is -2.14. The third kappa shape index (κ3) is 5.48. The molecule has 2 aromatic carbocycles. The summed E-state index contributed by atoms with van der Waals surface area (Å²) >= 11 is 0. The van der Waals surface area contributed by atoms with Crippen molar-refractivity contribution in [1.29, 1.82) is 5.26 Å². The molecule has 0 radical (unpaired) electrons. The molecular formula is C18H12F6N2O. The van der Waals surface area contributed by atoms with Gasteiger partial charge in [0, 0.05) is 12.1 Å². The fraction of sp³-hybridized carbons (Fsp3) is 0.222. The Balaban J connectivity index is 2.01.